The predicted molar refractivity (Wildman–Crippen MR) is 87.9 cm³/mol. The summed E-state index contributed by atoms with van der Waals surface area (Å²) >= 11 is 0. The Morgan fingerprint density at radius 3 is 2.64 bits per heavy atom. The highest BCUT2D eigenvalue weighted by molar-refractivity contribution is 5.43. The van der Waals surface area contributed by atoms with E-state index in [1.165, 1.54) is 55.5 Å². The topological polar surface area (TPSA) is 27.1 Å². The van der Waals surface area contributed by atoms with E-state index in [-0.39, 0.29) is 0 Å². The summed E-state index contributed by atoms with van der Waals surface area (Å²) in [6.07, 6.45) is 8.07. The maximum Gasteiger partial charge on any atom is 0.119 e. The van der Waals surface area contributed by atoms with Gasteiger partial charge in [-0.2, -0.15) is 5.10 Å². The van der Waals surface area contributed by atoms with E-state index in [2.05, 4.69) is 23.7 Å². The zero-order valence-electron chi connectivity index (χ0n) is 13.5. The summed E-state index contributed by atoms with van der Waals surface area (Å²) in [6.45, 7) is 2.17. The van der Waals surface area contributed by atoms with Gasteiger partial charge in [0.25, 0.3) is 0 Å². The molecule has 1 aromatic heterocycles. The van der Waals surface area contributed by atoms with Crippen LogP contribution in [0.2, 0.25) is 0 Å². The van der Waals surface area contributed by atoms with Gasteiger partial charge < -0.3 is 4.74 Å². The molecule has 0 N–H and O–H groups in total. The molecule has 2 aliphatic rings. The van der Waals surface area contributed by atoms with E-state index in [1.54, 1.807) is 7.11 Å². The van der Waals surface area contributed by atoms with Crippen LogP contribution in [0.4, 0.5) is 0 Å². The van der Waals surface area contributed by atoms with E-state index in [4.69, 9.17) is 9.84 Å². The monoisotopic (exact) mass is 296 g/mol. The first-order valence-corrected chi connectivity index (χ1v) is 8.50. The van der Waals surface area contributed by atoms with E-state index in [0.717, 1.165) is 17.4 Å². The molecule has 1 aromatic carbocycles. The van der Waals surface area contributed by atoms with Crippen LogP contribution in [-0.2, 0) is 6.42 Å². The highest BCUT2D eigenvalue weighted by Gasteiger charge is 2.35. The van der Waals surface area contributed by atoms with Gasteiger partial charge in [-0.15, -0.1) is 0 Å². The number of benzene rings is 1. The Bertz CT molecular complexity index is 671. The quantitative estimate of drug-likeness (QED) is 0.821. The normalized spacial score (nSPS) is 23.7. The van der Waals surface area contributed by atoms with Crippen molar-refractivity contribution in [2.45, 2.75) is 51.4 Å². The summed E-state index contributed by atoms with van der Waals surface area (Å²) in [5.41, 5.74) is 5.39. The van der Waals surface area contributed by atoms with E-state index < -0.39 is 0 Å². The van der Waals surface area contributed by atoms with Crippen LogP contribution in [-0.4, -0.2) is 16.9 Å². The van der Waals surface area contributed by atoms with Gasteiger partial charge in [0.05, 0.1) is 24.2 Å². The highest BCUT2D eigenvalue weighted by Crippen LogP contribution is 2.46. The zero-order valence-corrected chi connectivity index (χ0v) is 13.5. The van der Waals surface area contributed by atoms with E-state index in [0.29, 0.717) is 5.92 Å². The number of ether oxygens (including phenoxy) is 1. The number of rotatable bonds is 2. The van der Waals surface area contributed by atoms with Crippen molar-refractivity contribution in [3.63, 3.8) is 0 Å². The zero-order chi connectivity index (χ0) is 15.1. The second-order valence-electron chi connectivity index (χ2n) is 6.75. The molecule has 2 aromatic rings. The summed E-state index contributed by atoms with van der Waals surface area (Å²) in [5.74, 6) is 2.48. The molecule has 3 nitrogen and oxygen atoms in total. The Labute approximate surface area is 132 Å². The van der Waals surface area contributed by atoms with Crippen molar-refractivity contribution in [1.82, 2.24) is 9.78 Å². The minimum Gasteiger partial charge on any atom is -0.497 e. The first-order valence-electron chi connectivity index (χ1n) is 8.50. The van der Waals surface area contributed by atoms with Gasteiger partial charge in [-0.3, -0.25) is 0 Å². The Kier molecular flexibility index (Phi) is 3.44. The fraction of sp³-hybridized carbons (Fsp3) is 0.526. The minimum absolute atomic E-state index is 0.709. The van der Waals surface area contributed by atoms with Gasteiger partial charge >= 0.3 is 0 Å². The van der Waals surface area contributed by atoms with Crippen LogP contribution in [0.5, 0.6) is 5.75 Å². The molecule has 2 aliphatic carbocycles. The Morgan fingerprint density at radius 1 is 1.09 bits per heavy atom. The summed E-state index contributed by atoms with van der Waals surface area (Å²) < 4.78 is 7.49. The lowest BCUT2D eigenvalue weighted by Crippen LogP contribution is -2.25. The van der Waals surface area contributed by atoms with Gasteiger partial charge in [-0.25, -0.2) is 4.68 Å². The second kappa shape index (κ2) is 5.45. The van der Waals surface area contributed by atoms with Crippen molar-refractivity contribution in [3.8, 4) is 11.4 Å². The molecule has 4 rings (SSSR count). The van der Waals surface area contributed by atoms with Gasteiger partial charge in [0.1, 0.15) is 5.75 Å². The van der Waals surface area contributed by atoms with Gasteiger partial charge in [-0.05, 0) is 68.4 Å². The van der Waals surface area contributed by atoms with Crippen LogP contribution in [0.15, 0.2) is 24.3 Å². The van der Waals surface area contributed by atoms with Gasteiger partial charge in [0.2, 0.25) is 0 Å². The van der Waals surface area contributed by atoms with Crippen molar-refractivity contribution in [2.24, 2.45) is 5.92 Å². The molecule has 2 atom stereocenters. The lowest BCUT2D eigenvalue weighted by molar-refractivity contribution is 0.268. The number of aryl methyl sites for hydroxylation is 1. The Morgan fingerprint density at radius 2 is 1.86 bits per heavy atom. The number of fused-ring (bicyclic) bond motifs is 3. The molecule has 1 unspecified atom stereocenters. The van der Waals surface area contributed by atoms with Gasteiger partial charge in [-0.1, -0.05) is 12.8 Å². The Balaban J connectivity index is 1.80. The molecule has 116 valence electrons. The molecule has 0 bridgehead atoms. The molecular weight excluding hydrogens is 272 g/mol. The third-order valence-corrected chi connectivity index (χ3v) is 5.57. The molecular formula is C19H24N2O. The van der Waals surface area contributed by atoms with Crippen LogP contribution < -0.4 is 4.74 Å². The largest absolute Gasteiger partial charge is 0.497 e. The molecule has 22 heavy (non-hydrogen) atoms. The van der Waals surface area contributed by atoms with Crippen LogP contribution >= 0.6 is 0 Å². The molecule has 0 aliphatic heterocycles. The molecule has 1 fully saturated rings. The number of aromatic nitrogens is 2. The molecule has 0 spiro atoms. The average Bonchev–Trinajstić information content (AvgIpc) is 2.92. The van der Waals surface area contributed by atoms with Crippen LogP contribution in [0.25, 0.3) is 5.69 Å². The van der Waals surface area contributed by atoms with E-state index in [9.17, 15) is 0 Å². The lowest BCUT2D eigenvalue weighted by Gasteiger charge is -2.36. The smallest absolute Gasteiger partial charge is 0.119 e. The predicted octanol–water partition coefficient (Wildman–Crippen LogP) is 4.41. The van der Waals surface area contributed by atoms with Gasteiger partial charge in [0, 0.05) is 5.92 Å². The number of nitrogens with zero attached hydrogens (tertiary/aromatic N) is 2. The van der Waals surface area contributed by atoms with Crippen molar-refractivity contribution < 1.29 is 4.74 Å². The number of methoxy groups -OCH3 is 1. The molecule has 0 radical (unpaired) electrons. The standard InChI is InChI=1S/C19H24N2O/c1-13-17-12-7-14-5-3-4-6-18(14)19(17)21(20-13)15-8-10-16(22-2)11-9-15/h8-11,14,18H,3-7,12H2,1-2H3/t14-,18?/m0/s1. The van der Waals surface area contributed by atoms with Crippen molar-refractivity contribution in [1.29, 1.82) is 0 Å². The van der Waals surface area contributed by atoms with Crippen molar-refractivity contribution in [2.75, 3.05) is 7.11 Å². The molecule has 3 heteroatoms. The average molecular weight is 296 g/mol. The molecule has 0 saturated heterocycles. The first kappa shape index (κ1) is 13.9. The highest BCUT2D eigenvalue weighted by atomic mass is 16.5. The third kappa shape index (κ3) is 2.15. The van der Waals surface area contributed by atoms with Crippen LogP contribution in [0.3, 0.4) is 0 Å². The summed E-state index contributed by atoms with van der Waals surface area (Å²) in [7, 11) is 1.71. The number of hydrogen-bond acceptors (Lipinski definition) is 2. The number of hydrogen-bond donors (Lipinski definition) is 0. The molecule has 1 heterocycles. The fourth-order valence-corrected chi connectivity index (χ4v) is 4.43. The fourth-order valence-electron chi connectivity index (χ4n) is 4.43. The minimum atomic E-state index is 0.709. The molecule has 1 saturated carbocycles. The Hall–Kier alpha value is -1.77. The lowest BCUT2D eigenvalue weighted by atomic mass is 9.70. The summed E-state index contributed by atoms with van der Waals surface area (Å²) in [6, 6.07) is 8.30. The third-order valence-electron chi connectivity index (χ3n) is 5.57. The second-order valence-corrected chi connectivity index (χ2v) is 6.75. The van der Waals surface area contributed by atoms with E-state index in [1.807, 2.05) is 12.1 Å². The van der Waals surface area contributed by atoms with Crippen molar-refractivity contribution in [3.05, 3.63) is 41.2 Å². The van der Waals surface area contributed by atoms with Gasteiger partial charge in [0.15, 0.2) is 0 Å². The summed E-state index contributed by atoms with van der Waals surface area (Å²) in [5, 5.41) is 4.88. The van der Waals surface area contributed by atoms with Crippen LogP contribution in [0.1, 0.15) is 55.0 Å². The molecule has 0 amide bonds. The van der Waals surface area contributed by atoms with E-state index >= 15 is 0 Å². The summed E-state index contributed by atoms with van der Waals surface area (Å²) in [4.78, 5) is 0. The van der Waals surface area contributed by atoms with Crippen LogP contribution in [0, 0.1) is 12.8 Å². The first-order chi connectivity index (χ1) is 10.8. The SMILES string of the molecule is COc1ccc(-n2nc(C)c3c2C2CCCC[C@H]2CC3)cc1. The maximum atomic E-state index is 5.28. The van der Waals surface area contributed by atoms with Crippen molar-refractivity contribution >= 4 is 0 Å². The maximum absolute atomic E-state index is 5.28.